The standard InChI is InChI=1S/C19H14Cl2F3N3O2/c1-9-14(17(28)26-13-8-3-2-6-11(13)19(22,23)24)16(27-18(29)25-9)10-5-4-7-12(20)15(10)21/h2-8,16H,1H3,(H,26,28)(H2,25,27,29)/t16-/m0/s1. The Morgan fingerprint density at radius 3 is 2.48 bits per heavy atom. The highest BCUT2D eigenvalue weighted by molar-refractivity contribution is 6.42. The Kier molecular flexibility index (Phi) is 5.77. The third-order valence-electron chi connectivity index (χ3n) is 4.29. The summed E-state index contributed by atoms with van der Waals surface area (Å²) >= 11 is 12.3. The van der Waals surface area contributed by atoms with Crippen LogP contribution in [0.4, 0.5) is 23.7 Å². The van der Waals surface area contributed by atoms with Crippen LogP contribution < -0.4 is 16.0 Å². The van der Waals surface area contributed by atoms with Crippen LogP contribution in [0.25, 0.3) is 0 Å². The number of carbonyl (C=O) groups excluding carboxylic acids is 2. The molecule has 0 saturated carbocycles. The molecule has 2 aromatic carbocycles. The Morgan fingerprint density at radius 2 is 1.79 bits per heavy atom. The summed E-state index contributed by atoms with van der Waals surface area (Å²) in [5, 5.41) is 7.61. The summed E-state index contributed by atoms with van der Waals surface area (Å²) in [5.74, 6) is -0.826. The van der Waals surface area contributed by atoms with Crippen molar-refractivity contribution in [1.82, 2.24) is 10.6 Å². The van der Waals surface area contributed by atoms with Gasteiger partial charge in [-0.15, -0.1) is 0 Å². The van der Waals surface area contributed by atoms with Crippen molar-refractivity contribution in [2.75, 3.05) is 5.32 Å². The van der Waals surface area contributed by atoms with Crippen molar-refractivity contribution >= 4 is 40.8 Å². The van der Waals surface area contributed by atoms with Crippen LogP contribution >= 0.6 is 23.2 Å². The van der Waals surface area contributed by atoms with Crippen LogP contribution in [-0.2, 0) is 11.0 Å². The van der Waals surface area contributed by atoms with E-state index in [4.69, 9.17) is 23.2 Å². The molecule has 3 amide bonds. The van der Waals surface area contributed by atoms with Gasteiger partial charge in [0, 0.05) is 5.70 Å². The molecule has 0 unspecified atom stereocenters. The molecule has 10 heteroatoms. The molecule has 2 aromatic rings. The monoisotopic (exact) mass is 443 g/mol. The SMILES string of the molecule is CC1=C(C(=O)Nc2ccccc2C(F)(F)F)[C@H](c2cccc(Cl)c2Cl)NC(=O)N1. The lowest BCUT2D eigenvalue weighted by Gasteiger charge is -2.29. The Morgan fingerprint density at radius 1 is 1.10 bits per heavy atom. The van der Waals surface area contributed by atoms with Crippen LogP contribution in [0.2, 0.25) is 10.0 Å². The maximum atomic E-state index is 13.2. The minimum absolute atomic E-state index is 0.00532. The van der Waals surface area contributed by atoms with E-state index < -0.39 is 35.4 Å². The molecule has 3 rings (SSSR count). The highest BCUT2D eigenvalue weighted by Crippen LogP contribution is 2.37. The molecule has 0 aliphatic carbocycles. The number of anilines is 1. The second-order valence-corrected chi connectivity index (χ2v) is 7.00. The molecule has 0 bridgehead atoms. The number of hydrogen-bond acceptors (Lipinski definition) is 2. The lowest BCUT2D eigenvalue weighted by molar-refractivity contribution is -0.137. The van der Waals surface area contributed by atoms with Gasteiger partial charge in [0.05, 0.1) is 32.9 Å². The van der Waals surface area contributed by atoms with Gasteiger partial charge in [-0.1, -0.05) is 47.5 Å². The minimum atomic E-state index is -4.65. The van der Waals surface area contributed by atoms with E-state index in [2.05, 4.69) is 16.0 Å². The number of amides is 3. The molecule has 1 heterocycles. The first-order chi connectivity index (χ1) is 13.6. The number of rotatable bonds is 3. The fourth-order valence-electron chi connectivity index (χ4n) is 3.00. The van der Waals surface area contributed by atoms with E-state index in [0.29, 0.717) is 5.56 Å². The summed E-state index contributed by atoms with van der Waals surface area (Å²) in [6.45, 7) is 1.47. The third-order valence-corrected chi connectivity index (χ3v) is 5.12. The minimum Gasteiger partial charge on any atom is -0.327 e. The predicted octanol–water partition coefficient (Wildman–Crippen LogP) is 5.28. The Hall–Kier alpha value is -2.71. The molecular formula is C19H14Cl2F3N3O2. The fourth-order valence-corrected chi connectivity index (χ4v) is 3.42. The number of alkyl halides is 3. The van der Waals surface area contributed by atoms with Gasteiger partial charge >= 0.3 is 12.2 Å². The molecule has 29 heavy (non-hydrogen) atoms. The van der Waals surface area contributed by atoms with Crippen molar-refractivity contribution in [2.45, 2.75) is 19.1 Å². The van der Waals surface area contributed by atoms with Crippen molar-refractivity contribution in [1.29, 1.82) is 0 Å². The third kappa shape index (κ3) is 4.33. The smallest absolute Gasteiger partial charge is 0.327 e. The maximum Gasteiger partial charge on any atom is 0.418 e. The van der Waals surface area contributed by atoms with Gasteiger partial charge in [0.1, 0.15) is 0 Å². The number of benzene rings is 2. The van der Waals surface area contributed by atoms with E-state index in [1.54, 1.807) is 12.1 Å². The van der Waals surface area contributed by atoms with Crippen molar-refractivity contribution in [3.8, 4) is 0 Å². The number of nitrogens with one attached hydrogen (secondary N) is 3. The second kappa shape index (κ2) is 7.96. The summed E-state index contributed by atoms with van der Waals surface area (Å²) in [4.78, 5) is 24.9. The van der Waals surface area contributed by atoms with Gasteiger partial charge in [-0.2, -0.15) is 13.2 Å². The average Bonchev–Trinajstić information content (AvgIpc) is 2.62. The molecule has 1 atom stereocenters. The zero-order valence-corrected chi connectivity index (χ0v) is 16.3. The first-order valence-corrected chi connectivity index (χ1v) is 9.05. The summed E-state index contributed by atoms with van der Waals surface area (Å²) in [6, 6.07) is 7.69. The van der Waals surface area contributed by atoms with E-state index in [1.807, 2.05) is 0 Å². The van der Waals surface area contributed by atoms with Crippen LogP contribution in [0.1, 0.15) is 24.1 Å². The average molecular weight is 444 g/mol. The molecule has 1 aliphatic heterocycles. The van der Waals surface area contributed by atoms with E-state index >= 15 is 0 Å². The molecule has 3 N–H and O–H groups in total. The Balaban J connectivity index is 2.03. The first kappa shape index (κ1) is 21.0. The van der Waals surface area contributed by atoms with Crippen LogP contribution in [0, 0.1) is 0 Å². The largest absolute Gasteiger partial charge is 0.418 e. The quantitative estimate of drug-likeness (QED) is 0.603. The molecule has 0 spiro atoms. The number of urea groups is 1. The number of halogens is 5. The highest BCUT2D eigenvalue weighted by Gasteiger charge is 2.36. The zero-order chi connectivity index (χ0) is 21.3. The van der Waals surface area contributed by atoms with Crippen LogP contribution in [0.5, 0.6) is 0 Å². The number of hydrogen-bond donors (Lipinski definition) is 3. The first-order valence-electron chi connectivity index (χ1n) is 8.29. The van der Waals surface area contributed by atoms with Crippen molar-refractivity contribution in [3.63, 3.8) is 0 Å². The van der Waals surface area contributed by atoms with Gasteiger partial charge in [-0.25, -0.2) is 4.79 Å². The van der Waals surface area contributed by atoms with E-state index in [1.165, 1.54) is 25.1 Å². The van der Waals surface area contributed by atoms with Crippen LogP contribution in [0.3, 0.4) is 0 Å². The molecule has 5 nitrogen and oxygen atoms in total. The van der Waals surface area contributed by atoms with Gasteiger partial charge in [-0.3, -0.25) is 4.79 Å². The summed E-state index contributed by atoms with van der Waals surface area (Å²) < 4.78 is 39.7. The lowest BCUT2D eigenvalue weighted by atomic mass is 9.94. The van der Waals surface area contributed by atoms with Crippen LogP contribution in [0.15, 0.2) is 53.7 Å². The van der Waals surface area contributed by atoms with Crippen LogP contribution in [-0.4, -0.2) is 11.9 Å². The maximum absolute atomic E-state index is 13.2. The summed E-state index contributed by atoms with van der Waals surface area (Å²) in [5.41, 5.74) is -0.875. The number of para-hydroxylation sites is 1. The van der Waals surface area contributed by atoms with Crippen molar-refractivity contribution < 1.29 is 22.8 Å². The Labute approximate surface area is 173 Å². The van der Waals surface area contributed by atoms with Gasteiger partial charge in [-0.05, 0) is 30.7 Å². The Bertz CT molecular complexity index is 1020. The van der Waals surface area contributed by atoms with Gasteiger partial charge in [0.15, 0.2) is 0 Å². The topological polar surface area (TPSA) is 70.2 Å². The van der Waals surface area contributed by atoms with E-state index in [0.717, 1.165) is 12.1 Å². The van der Waals surface area contributed by atoms with Gasteiger partial charge < -0.3 is 16.0 Å². The fraction of sp³-hybridized carbons (Fsp3) is 0.158. The number of carbonyl (C=O) groups is 2. The van der Waals surface area contributed by atoms with Crippen molar-refractivity contribution in [3.05, 3.63) is 74.9 Å². The summed E-state index contributed by atoms with van der Waals surface area (Å²) in [6.07, 6.45) is -4.65. The zero-order valence-electron chi connectivity index (χ0n) is 14.8. The molecule has 0 saturated heterocycles. The molecular weight excluding hydrogens is 430 g/mol. The van der Waals surface area contributed by atoms with E-state index in [-0.39, 0.29) is 21.3 Å². The summed E-state index contributed by atoms with van der Waals surface area (Å²) in [7, 11) is 0. The normalized spacial score (nSPS) is 16.9. The molecule has 0 aromatic heterocycles. The molecule has 0 radical (unpaired) electrons. The second-order valence-electron chi connectivity index (χ2n) is 6.21. The van der Waals surface area contributed by atoms with E-state index in [9.17, 15) is 22.8 Å². The lowest BCUT2D eigenvalue weighted by Crippen LogP contribution is -2.46. The molecule has 0 fully saturated rings. The predicted molar refractivity (Wildman–Crippen MR) is 104 cm³/mol. The molecule has 152 valence electrons. The van der Waals surface area contributed by atoms with Gasteiger partial charge in [0.2, 0.25) is 0 Å². The van der Waals surface area contributed by atoms with Gasteiger partial charge in [0.25, 0.3) is 5.91 Å². The number of allylic oxidation sites excluding steroid dienone is 1. The highest BCUT2D eigenvalue weighted by atomic mass is 35.5. The van der Waals surface area contributed by atoms with Crippen molar-refractivity contribution in [2.24, 2.45) is 0 Å². The molecule has 1 aliphatic rings.